The lowest BCUT2D eigenvalue weighted by molar-refractivity contribution is -0.0949. The largest absolute Gasteiger partial charge is 0.493 e. The SMILES string of the molecule is CCCCCC(OC(C)C)C(CC)OCCSSCCOc1ccc2c(c1)CCN(CCCC(C)CCCC(C)CCCC(C)C)C2.COCCC(C)C.Nc1ccnc(=O)[nH]1. The third-order valence-corrected chi connectivity index (χ3v) is 13.6. The highest BCUT2D eigenvalue weighted by molar-refractivity contribution is 8.76. The molecular formula is C51H94N4O5S2. The number of aromatic amines is 1. The highest BCUT2D eigenvalue weighted by atomic mass is 33.1. The Morgan fingerprint density at radius 2 is 1.42 bits per heavy atom. The molecule has 0 saturated heterocycles. The molecule has 3 N–H and O–H groups in total. The van der Waals surface area contributed by atoms with Crippen LogP contribution in [0.4, 0.5) is 5.82 Å². The van der Waals surface area contributed by atoms with Crippen LogP contribution >= 0.6 is 21.6 Å². The molecule has 3 rings (SSSR count). The van der Waals surface area contributed by atoms with Gasteiger partial charge in [-0.05, 0) is 112 Å². The molecule has 2 aromatic rings. The van der Waals surface area contributed by atoms with E-state index in [1.165, 1.54) is 114 Å². The molecule has 11 heteroatoms. The fourth-order valence-corrected chi connectivity index (χ4v) is 9.23. The fraction of sp³-hybridized carbons (Fsp3) is 0.804. The molecule has 0 fully saturated rings. The first kappa shape index (κ1) is 58.3. The van der Waals surface area contributed by atoms with E-state index in [0.717, 1.165) is 86.6 Å². The van der Waals surface area contributed by atoms with Gasteiger partial charge in [0.05, 0.1) is 31.5 Å². The molecule has 4 atom stereocenters. The predicted molar refractivity (Wildman–Crippen MR) is 271 cm³/mol. The number of methoxy groups -OCH3 is 1. The van der Waals surface area contributed by atoms with E-state index in [1.54, 1.807) is 7.11 Å². The Morgan fingerprint density at radius 3 is 1.98 bits per heavy atom. The normalized spacial score (nSPS) is 14.7. The number of benzene rings is 1. The van der Waals surface area contributed by atoms with Crippen LogP contribution < -0.4 is 16.2 Å². The average Bonchev–Trinajstić information content (AvgIpc) is 3.22. The van der Waals surface area contributed by atoms with Crippen LogP contribution in [0.15, 0.2) is 35.3 Å². The predicted octanol–water partition coefficient (Wildman–Crippen LogP) is 13.1. The average molecular weight is 907 g/mol. The maximum atomic E-state index is 10.2. The van der Waals surface area contributed by atoms with Crippen LogP contribution in [-0.4, -0.2) is 84.7 Å². The van der Waals surface area contributed by atoms with E-state index in [2.05, 4.69) is 102 Å². The summed E-state index contributed by atoms with van der Waals surface area (Å²) in [6, 6.07) is 8.30. The number of unbranched alkanes of at least 4 members (excludes halogenated alkanes) is 2. The first-order chi connectivity index (χ1) is 29.8. The number of hydrogen-bond donors (Lipinski definition) is 2. The van der Waals surface area contributed by atoms with Gasteiger partial charge in [0.15, 0.2) is 0 Å². The number of nitrogens with one attached hydrogen (secondary N) is 1. The lowest BCUT2D eigenvalue weighted by Gasteiger charge is -2.29. The Kier molecular flexibility index (Phi) is 35.2. The smallest absolute Gasteiger partial charge is 0.346 e. The van der Waals surface area contributed by atoms with E-state index in [1.807, 2.05) is 21.6 Å². The van der Waals surface area contributed by atoms with Crippen LogP contribution in [0.1, 0.15) is 170 Å². The van der Waals surface area contributed by atoms with E-state index in [4.69, 9.17) is 24.7 Å². The molecule has 9 nitrogen and oxygen atoms in total. The molecule has 4 unspecified atom stereocenters. The summed E-state index contributed by atoms with van der Waals surface area (Å²) < 4.78 is 23.5. The van der Waals surface area contributed by atoms with Crippen molar-refractivity contribution < 1.29 is 18.9 Å². The van der Waals surface area contributed by atoms with Gasteiger partial charge in [-0.1, -0.05) is 141 Å². The fourth-order valence-electron chi connectivity index (χ4n) is 7.57. The van der Waals surface area contributed by atoms with Gasteiger partial charge in [-0.2, -0.15) is 0 Å². The molecule has 1 aromatic heterocycles. The van der Waals surface area contributed by atoms with Crippen molar-refractivity contribution in [2.24, 2.45) is 23.7 Å². The zero-order chi connectivity index (χ0) is 46.0. The van der Waals surface area contributed by atoms with Gasteiger partial charge in [0.25, 0.3) is 0 Å². The van der Waals surface area contributed by atoms with Gasteiger partial charge in [0.1, 0.15) is 11.6 Å². The van der Waals surface area contributed by atoms with Gasteiger partial charge in [-0.3, -0.25) is 9.88 Å². The molecule has 0 bridgehead atoms. The minimum atomic E-state index is -0.412. The Labute approximate surface area is 388 Å². The standard InChI is InChI=1S/C41H75NO3S2.C6H14O.C4H5N3O/c1-9-11-12-21-41(45-34(5)6)40(10-2)44-28-30-47-46-29-27-43-39-23-22-38-32-42(26-24-37(38)31-39)25-15-20-36(8)19-14-18-35(7)17-13-16-33(3)4;1-6(2)4-5-7-3;5-3-1-2-6-4(8)7-3/h22-23,31,33-36,40-41H,9-21,24-30,32H2,1-8H3;6H,4-5H2,1-3H3;1-2H,(H3,5,6,7,8). The maximum absolute atomic E-state index is 10.2. The van der Waals surface area contributed by atoms with Crippen LogP contribution in [0.2, 0.25) is 0 Å². The number of nitrogen functional groups attached to an aromatic ring is 1. The highest BCUT2D eigenvalue weighted by Gasteiger charge is 2.22. The van der Waals surface area contributed by atoms with E-state index < -0.39 is 5.69 Å². The summed E-state index contributed by atoms with van der Waals surface area (Å²) >= 11 is 0. The molecule has 1 aliphatic heterocycles. The lowest BCUT2D eigenvalue weighted by Crippen LogP contribution is -2.34. The highest BCUT2D eigenvalue weighted by Crippen LogP contribution is 2.27. The number of nitrogens with zero attached hydrogens (tertiary/aromatic N) is 2. The topological polar surface area (TPSA) is 112 Å². The third kappa shape index (κ3) is 31.2. The zero-order valence-electron chi connectivity index (χ0n) is 41.5. The Balaban J connectivity index is 0.00000107. The second-order valence-electron chi connectivity index (χ2n) is 18.6. The molecule has 1 aromatic carbocycles. The first-order valence-corrected chi connectivity index (χ1v) is 27.0. The number of aromatic nitrogens is 2. The van der Waals surface area contributed by atoms with Crippen molar-refractivity contribution >= 4 is 27.4 Å². The van der Waals surface area contributed by atoms with Gasteiger partial charge in [0, 0.05) is 44.5 Å². The Bertz CT molecular complexity index is 1400. The summed E-state index contributed by atoms with van der Waals surface area (Å²) in [6.07, 6.45) is 21.3. The van der Waals surface area contributed by atoms with Gasteiger partial charge < -0.3 is 24.7 Å². The second kappa shape index (κ2) is 37.5. The van der Waals surface area contributed by atoms with Crippen molar-refractivity contribution in [1.82, 2.24) is 14.9 Å². The van der Waals surface area contributed by atoms with Gasteiger partial charge in [0.2, 0.25) is 0 Å². The van der Waals surface area contributed by atoms with E-state index in [9.17, 15) is 4.79 Å². The summed E-state index contributed by atoms with van der Waals surface area (Å²) in [4.78, 5) is 18.5. The maximum Gasteiger partial charge on any atom is 0.346 e. The molecule has 0 spiro atoms. The van der Waals surface area contributed by atoms with Crippen LogP contribution in [0.5, 0.6) is 5.75 Å². The summed E-state index contributed by atoms with van der Waals surface area (Å²) in [6.45, 7) is 28.7. The Morgan fingerprint density at radius 1 is 0.758 bits per heavy atom. The van der Waals surface area contributed by atoms with Crippen molar-refractivity contribution in [2.75, 3.05) is 57.3 Å². The molecule has 0 amide bonds. The van der Waals surface area contributed by atoms with Crippen molar-refractivity contribution in [1.29, 1.82) is 0 Å². The summed E-state index contributed by atoms with van der Waals surface area (Å²) in [5.74, 6) is 6.73. The minimum Gasteiger partial charge on any atom is -0.493 e. The van der Waals surface area contributed by atoms with Gasteiger partial charge in [-0.25, -0.2) is 9.78 Å². The van der Waals surface area contributed by atoms with E-state index in [0.29, 0.717) is 5.82 Å². The molecule has 0 aliphatic carbocycles. The van der Waals surface area contributed by atoms with E-state index >= 15 is 0 Å². The molecule has 62 heavy (non-hydrogen) atoms. The molecule has 360 valence electrons. The number of nitrogens with two attached hydrogens (primary N) is 1. The third-order valence-electron chi connectivity index (χ3n) is 11.3. The van der Waals surface area contributed by atoms with Crippen molar-refractivity contribution in [3.05, 3.63) is 52.1 Å². The second-order valence-corrected chi connectivity index (χ2v) is 21.3. The monoisotopic (exact) mass is 907 g/mol. The van der Waals surface area contributed by atoms with Crippen LogP contribution in [0, 0.1) is 23.7 Å². The van der Waals surface area contributed by atoms with Gasteiger partial charge in [-0.15, -0.1) is 0 Å². The quantitative estimate of drug-likeness (QED) is 0.0544. The number of H-pyrrole nitrogens is 1. The summed E-state index contributed by atoms with van der Waals surface area (Å²) in [5, 5.41) is 0. The minimum absolute atomic E-state index is 0.195. The molecule has 1 aliphatic rings. The number of anilines is 1. The van der Waals surface area contributed by atoms with Crippen molar-refractivity contribution in [3.63, 3.8) is 0 Å². The van der Waals surface area contributed by atoms with E-state index in [-0.39, 0.29) is 18.3 Å². The zero-order valence-corrected chi connectivity index (χ0v) is 43.2. The molecule has 0 radical (unpaired) electrons. The van der Waals surface area contributed by atoms with Crippen molar-refractivity contribution in [3.8, 4) is 5.75 Å². The van der Waals surface area contributed by atoms with Gasteiger partial charge >= 0.3 is 5.69 Å². The molecular weight excluding hydrogens is 813 g/mol. The van der Waals surface area contributed by atoms with Crippen LogP contribution in [-0.2, 0) is 27.2 Å². The summed E-state index contributed by atoms with van der Waals surface area (Å²) in [7, 11) is 5.52. The first-order valence-electron chi connectivity index (χ1n) is 24.6. The Hall–Kier alpha value is -1.76. The molecule has 2 heterocycles. The summed E-state index contributed by atoms with van der Waals surface area (Å²) in [5.41, 5.74) is 7.72. The van der Waals surface area contributed by atoms with Crippen LogP contribution in [0.3, 0.4) is 0 Å². The van der Waals surface area contributed by atoms with Crippen molar-refractivity contribution in [2.45, 2.75) is 190 Å². The van der Waals surface area contributed by atoms with Crippen LogP contribution in [0.25, 0.3) is 0 Å². The number of hydrogen-bond acceptors (Lipinski definition) is 10. The number of rotatable bonds is 32. The lowest BCUT2D eigenvalue weighted by atomic mass is 9.92. The number of ether oxygens (including phenoxy) is 4. The number of fused-ring (bicyclic) bond motifs is 1. The molecule has 0 saturated carbocycles.